The molecule has 4 rings (SSSR count). The third-order valence-corrected chi connectivity index (χ3v) is 7.11. The fourth-order valence-electron chi connectivity index (χ4n) is 4.95. The SMILES string of the molecule is COC(=O)CCc1ccc(C2(c3ccc4c(c3)C(C)(C)CCC4(C)C)OCCO2)cc1. The van der Waals surface area contributed by atoms with Gasteiger partial charge in [-0.15, -0.1) is 0 Å². The highest BCUT2D eigenvalue weighted by atomic mass is 16.7. The maximum atomic E-state index is 11.5. The normalized spacial score (nSPS) is 20.8. The second kappa shape index (κ2) is 8.07. The van der Waals surface area contributed by atoms with Crippen molar-refractivity contribution in [1.82, 2.24) is 0 Å². The topological polar surface area (TPSA) is 44.8 Å². The van der Waals surface area contributed by atoms with E-state index >= 15 is 0 Å². The fourth-order valence-corrected chi connectivity index (χ4v) is 4.95. The van der Waals surface area contributed by atoms with E-state index in [9.17, 15) is 4.79 Å². The summed E-state index contributed by atoms with van der Waals surface area (Å²) in [6.45, 7) is 10.5. The van der Waals surface area contributed by atoms with Crippen molar-refractivity contribution in [1.29, 1.82) is 0 Å². The van der Waals surface area contributed by atoms with E-state index in [1.807, 2.05) is 0 Å². The number of carbonyl (C=O) groups excluding carboxylic acids is 1. The van der Waals surface area contributed by atoms with E-state index in [-0.39, 0.29) is 16.8 Å². The number of hydrogen-bond donors (Lipinski definition) is 0. The lowest BCUT2D eigenvalue weighted by atomic mass is 9.62. The van der Waals surface area contributed by atoms with Gasteiger partial charge in [0.15, 0.2) is 0 Å². The Kier molecular flexibility index (Phi) is 5.74. The van der Waals surface area contributed by atoms with Crippen LogP contribution < -0.4 is 0 Å². The molecule has 0 atom stereocenters. The van der Waals surface area contributed by atoms with Crippen molar-refractivity contribution in [3.63, 3.8) is 0 Å². The van der Waals surface area contributed by atoms with Crippen LogP contribution in [0.15, 0.2) is 42.5 Å². The van der Waals surface area contributed by atoms with E-state index in [4.69, 9.17) is 14.2 Å². The molecule has 0 spiro atoms. The zero-order valence-corrected chi connectivity index (χ0v) is 19.4. The van der Waals surface area contributed by atoms with E-state index in [0.29, 0.717) is 26.1 Å². The molecule has 1 fully saturated rings. The van der Waals surface area contributed by atoms with Gasteiger partial charge in [-0.1, -0.05) is 64.1 Å². The number of methoxy groups -OCH3 is 1. The zero-order chi connectivity index (χ0) is 22.3. The zero-order valence-electron chi connectivity index (χ0n) is 19.4. The Morgan fingerprint density at radius 1 is 0.871 bits per heavy atom. The Labute approximate surface area is 185 Å². The first-order valence-corrected chi connectivity index (χ1v) is 11.3. The van der Waals surface area contributed by atoms with Crippen LogP contribution in [0.4, 0.5) is 0 Å². The van der Waals surface area contributed by atoms with Gasteiger partial charge in [0.1, 0.15) is 0 Å². The maximum absolute atomic E-state index is 11.5. The van der Waals surface area contributed by atoms with E-state index in [1.54, 1.807) is 0 Å². The molecule has 0 saturated carbocycles. The molecule has 0 amide bonds. The van der Waals surface area contributed by atoms with Crippen LogP contribution in [0.2, 0.25) is 0 Å². The van der Waals surface area contributed by atoms with Crippen molar-refractivity contribution in [2.24, 2.45) is 0 Å². The van der Waals surface area contributed by atoms with E-state index in [2.05, 4.69) is 70.2 Å². The first-order chi connectivity index (χ1) is 14.7. The molecule has 1 aliphatic carbocycles. The summed E-state index contributed by atoms with van der Waals surface area (Å²) >= 11 is 0. The van der Waals surface area contributed by atoms with Crippen molar-refractivity contribution in [2.75, 3.05) is 20.3 Å². The highest BCUT2D eigenvalue weighted by Crippen LogP contribution is 2.48. The number of aryl methyl sites for hydroxylation is 1. The summed E-state index contributed by atoms with van der Waals surface area (Å²) in [4.78, 5) is 11.5. The summed E-state index contributed by atoms with van der Waals surface area (Å²) in [7, 11) is 1.42. The van der Waals surface area contributed by atoms with Gasteiger partial charge in [0, 0.05) is 17.5 Å². The minimum atomic E-state index is -0.881. The quantitative estimate of drug-likeness (QED) is 0.606. The van der Waals surface area contributed by atoms with Gasteiger partial charge < -0.3 is 14.2 Å². The predicted molar refractivity (Wildman–Crippen MR) is 121 cm³/mol. The predicted octanol–water partition coefficient (Wildman–Crippen LogP) is 5.39. The number of ether oxygens (including phenoxy) is 3. The molecule has 2 aromatic carbocycles. The van der Waals surface area contributed by atoms with Crippen LogP contribution >= 0.6 is 0 Å². The van der Waals surface area contributed by atoms with Crippen molar-refractivity contribution in [2.45, 2.75) is 70.0 Å². The number of hydrogen-bond acceptors (Lipinski definition) is 4. The number of carbonyl (C=O) groups is 1. The van der Waals surface area contributed by atoms with Crippen LogP contribution in [0.25, 0.3) is 0 Å². The molecule has 1 aliphatic heterocycles. The van der Waals surface area contributed by atoms with Crippen molar-refractivity contribution >= 4 is 5.97 Å². The maximum Gasteiger partial charge on any atom is 0.305 e. The van der Waals surface area contributed by atoms with Crippen LogP contribution in [0.1, 0.15) is 74.8 Å². The summed E-state index contributed by atoms with van der Waals surface area (Å²) < 4.78 is 17.3. The lowest BCUT2D eigenvalue weighted by molar-refractivity contribution is -0.140. The summed E-state index contributed by atoms with van der Waals surface area (Å²) in [6, 6.07) is 15.0. The molecular weight excluding hydrogens is 388 g/mol. The molecule has 0 radical (unpaired) electrons. The highest BCUT2D eigenvalue weighted by molar-refractivity contribution is 5.69. The molecule has 1 heterocycles. The first kappa shape index (κ1) is 22.0. The Hall–Kier alpha value is -2.17. The van der Waals surface area contributed by atoms with E-state index in [1.165, 1.54) is 31.1 Å². The molecule has 0 unspecified atom stereocenters. The largest absolute Gasteiger partial charge is 0.469 e. The molecule has 2 aliphatic rings. The first-order valence-electron chi connectivity index (χ1n) is 11.3. The van der Waals surface area contributed by atoms with Gasteiger partial charge in [0.05, 0.1) is 20.3 Å². The second-order valence-electron chi connectivity index (χ2n) is 10.1. The number of rotatable bonds is 5. The lowest BCUT2D eigenvalue weighted by Gasteiger charge is -2.42. The van der Waals surface area contributed by atoms with E-state index in [0.717, 1.165) is 16.7 Å². The minimum absolute atomic E-state index is 0.123. The molecule has 4 nitrogen and oxygen atoms in total. The minimum Gasteiger partial charge on any atom is -0.469 e. The van der Waals surface area contributed by atoms with Crippen LogP contribution in [-0.4, -0.2) is 26.3 Å². The summed E-state index contributed by atoms with van der Waals surface area (Å²) in [5, 5.41) is 0. The summed E-state index contributed by atoms with van der Waals surface area (Å²) in [5.41, 5.74) is 6.26. The van der Waals surface area contributed by atoms with Crippen molar-refractivity contribution in [3.05, 3.63) is 70.3 Å². The Balaban J connectivity index is 1.70. The molecule has 166 valence electrons. The molecule has 2 aromatic rings. The molecule has 4 heteroatoms. The van der Waals surface area contributed by atoms with Crippen LogP contribution in [-0.2, 0) is 42.0 Å². The average molecular weight is 423 g/mol. The third-order valence-electron chi connectivity index (χ3n) is 7.11. The van der Waals surface area contributed by atoms with Crippen molar-refractivity contribution < 1.29 is 19.0 Å². The average Bonchev–Trinajstić information content (AvgIpc) is 3.26. The molecule has 1 saturated heterocycles. The standard InChI is InChI=1S/C27H34O4/c1-25(2)14-15-26(3,4)23-18-21(11-12-22(23)25)27(30-16-17-31-27)20-9-6-19(7-10-20)8-13-24(28)29-5/h6-7,9-12,18H,8,13-17H2,1-5H3. The highest BCUT2D eigenvalue weighted by Gasteiger charge is 2.43. The van der Waals surface area contributed by atoms with Crippen LogP contribution in [0.5, 0.6) is 0 Å². The Morgan fingerprint density at radius 2 is 1.45 bits per heavy atom. The second-order valence-corrected chi connectivity index (χ2v) is 10.1. The monoisotopic (exact) mass is 422 g/mol. The summed E-state index contributed by atoms with van der Waals surface area (Å²) in [5.74, 6) is -1.07. The van der Waals surface area contributed by atoms with Gasteiger partial charge in [-0.3, -0.25) is 4.79 Å². The van der Waals surface area contributed by atoms with Crippen LogP contribution in [0.3, 0.4) is 0 Å². The summed E-state index contributed by atoms with van der Waals surface area (Å²) in [6.07, 6.45) is 3.39. The van der Waals surface area contributed by atoms with Gasteiger partial charge in [-0.25, -0.2) is 0 Å². The molecule has 0 aromatic heterocycles. The van der Waals surface area contributed by atoms with Gasteiger partial charge in [-0.2, -0.15) is 0 Å². The Morgan fingerprint density at radius 3 is 2.06 bits per heavy atom. The van der Waals surface area contributed by atoms with Gasteiger partial charge in [0.25, 0.3) is 0 Å². The molecular formula is C27H34O4. The fraction of sp³-hybridized carbons (Fsp3) is 0.519. The van der Waals surface area contributed by atoms with Gasteiger partial charge in [0.2, 0.25) is 5.79 Å². The third kappa shape index (κ3) is 4.04. The Bertz CT molecular complexity index is 950. The molecule has 0 bridgehead atoms. The smallest absolute Gasteiger partial charge is 0.305 e. The number of esters is 1. The molecule has 0 N–H and O–H groups in total. The van der Waals surface area contributed by atoms with Crippen molar-refractivity contribution in [3.8, 4) is 0 Å². The number of benzene rings is 2. The van der Waals surface area contributed by atoms with Gasteiger partial charge in [-0.05, 0) is 52.8 Å². The van der Waals surface area contributed by atoms with Crippen LogP contribution in [0, 0.1) is 0 Å². The lowest BCUT2D eigenvalue weighted by Crippen LogP contribution is -2.35. The molecule has 31 heavy (non-hydrogen) atoms. The number of fused-ring (bicyclic) bond motifs is 1. The van der Waals surface area contributed by atoms with E-state index < -0.39 is 5.79 Å². The van der Waals surface area contributed by atoms with Gasteiger partial charge >= 0.3 is 5.97 Å².